The van der Waals surface area contributed by atoms with E-state index in [1.807, 2.05) is 25.5 Å². The highest BCUT2D eigenvalue weighted by Gasteiger charge is 2.35. The molecule has 0 spiro atoms. The molecule has 0 bridgehead atoms. The van der Waals surface area contributed by atoms with Gasteiger partial charge in [0, 0.05) is 25.7 Å². The summed E-state index contributed by atoms with van der Waals surface area (Å²) in [6.07, 6.45) is 5.19. The molecule has 40 heavy (non-hydrogen) atoms. The highest BCUT2D eigenvalue weighted by Crippen LogP contribution is 2.31. The zero-order valence-corrected chi connectivity index (χ0v) is 24.9. The molecule has 2 heterocycles. The van der Waals surface area contributed by atoms with Gasteiger partial charge in [-0.15, -0.1) is 0 Å². The maximum atomic E-state index is 14.7. The van der Waals surface area contributed by atoms with Crippen LogP contribution in [0.2, 0.25) is 5.02 Å². The first-order chi connectivity index (χ1) is 18.8. The average Bonchev–Trinajstić information content (AvgIpc) is 3.56. The molecular formula is C27H39ClFN3O7S. The van der Waals surface area contributed by atoms with Gasteiger partial charge in [-0.3, -0.25) is 4.79 Å². The largest absolute Gasteiger partial charge is 0.492 e. The van der Waals surface area contributed by atoms with Gasteiger partial charge in [0.2, 0.25) is 0 Å². The molecule has 1 aliphatic carbocycles. The second-order valence-electron chi connectivity index (χ2n) is 11.7. The summed E-state index contributed by atoms with van der Waals surface area (Å²) in [6.45, 7) is 7.08. The third-order valence-corrected chi connectivity index (χ3v) is 9.14. The predicted octanol–water partition coefficient (Wildman–Crippen LogP) is 4.51. The molecule has 3 fully saturated rings. The molecule has 1 aromatic rings. The van der Waals surface area contributed by atoms with Crippen molar-refractivity contribution in [3.05, 3.63) is 28.5 Å². The third-order valence-electron chi connectivity index (χ3n) is 7.36. The van der Waals surface area contributed by atoms with Crippen LogP contribution in [0, 0.1) is 11.7 Å². The van der Waals surface area contributed by atoms with Crippen LogP contribution in [0.15, 0.2) is 12.1 Å². The monoisotopic (exact) mass is 603 g/mol. The minimum atomic E-state index is -4.21. The normalized spacial score (nSPS) is 21.5. The second kappa shape index (κ2) is 12.8. The van der Waals surface area contributed by atoms with Crippen LogP contribution in [-0.2, 0) is 19.7 Å². The molecule has 1 N–H and O–H groups in total. The molecule has 2 aliphatic heterocycles. The van der Waals surface area contributed by atoms with Crippen LogP contribution >= 0.6 is 11.6 Å². The fraction of sp³-hybridized carbons (Fsp3) is 0.704. The maximum absolute atomic E-state index is 14.7. The Labute approximate surface area is 240 Å². The third kappa shape index (κ3) is 8.20. The van der Waals surface area contributed by atoms with Gasteiger partial charge in [0.05, 0.1) is 35.9 Å². The van der Waals surface area contributed by atoms with Crippen molar-refractivity contribution < 1.29 is 36.6 Å². The van der Waals surface area contributed by atoms with E-state index in [-0.39, 0.29) is 42.2 Å². The van der Waals surface area contributed by atoms with Gasteiger partial charge in [0.25, 0.3) is 5.91 Å². The highest BCUT2D eigenvalue weighted by atomic mass is 35.5. The van der Waals surface area contributed by atoms with Crippen molar-refractivity contribution in [1.82, 2.24) is 13.9 Å². The van der Waals surface area contributed by atoms with Crippen molar-refractivity contribution in [3.8, 4) is 5.75 Å². The molecule has 2 amide bonds. The molecule has 0 aromatic heterocycles. The van der Waals surface area contributed by atoms with Gasteiger partial charge in [-0.2, -0.15) is 12.7 Å². The van der Waals surface area contributed by atoms with Crippen LogP contribution in [0.5, 0.6) is 5.75 Å². The first-order valence-electron chi connectivity index (χ1n) is 13.9. The van der Waals surface area contributed by atoms with Gasteiger partial charge in [-0.1, -0.05) is 24.4 Å². The van der Waals surface area contributed by atoms with E-state index >= 15 is 0 Å². The number of hydrogen-bond acceptors (Lipinski definition) is 7. The number of rotatable bonds is 8. The van der Waals surface area contributed by atoms with E-state index in [1.165, 1.54) is 0 Å². The Balaban J connectivity index is 1.25. The van der Waals surface area contributed by atoms with Crippen LogP contribution < -0.4 is 9.46 Å². The Morgan fingerprint density at radius 3 is 2.35 bits per heavy atom. The lowest BCUT2D eigenvalue weighted by molar-refractivity contribution is -0.0307. The van der Waals surface area contributed by atoms with Gasteiger partial charge in [-0.25, -0.2) is 13.9 Å². The molecule has 1 atom stereocenters. The maximum Gasteiger partial charge on any atom is 0.410 e. The van der Waals surface area contributed by atoms with Gasteiger partial charge >= 0.3 is 16.3 Å². The molecule has 4 rings (SSSR count). The first kappa shape index (κ1) is 30.8. The number of likely N-dealkylation sites (tertiary alicyclic amines) is 1. The number of piperidine rings is 1. The molecule has 13 heteroatoms. The lowest BCUT2D eigenvalue weighted by Crippen LogP contribution is -2.48. The lowest BCUT2D eigenvalue weighted by Gasteiger charge is -2.32. The number of nitrogens with one attached hydrogen (secondary N) is 1. The summed E-state index contributed by atoms with van der Waals surface area (Å²) in [5.41, 5.74) is -1.05. The van der Waals surface area contributed by atoms with E-state index < -0.39 is 33.1 Å². The number of amides is 2. The summed E-state index contributed by atoms with van der Waals surface area (Å²) in [7, 11) is -4.21. The molecule has 3 aliphatic rings. The average molecular weight is 604 g/mol. The van der Waals surface area contributed by atoms with E-state index in [9.17, 15) is 22.4 Å². The minimum absolute atomic E-state index is 0.0389. The van der Waals surface area contributed by atoms with Crippen molar-refractivity contribution in [2.45, 2.75) is 83.5 Å². The van der Waals surface area contributed by atoms with Gasteiger partial charge < -0.3 is 19.1 Å². The Hall–Kier alpha value is -2.15. The van der Waals surface area contributed by atoms with Crippen molar-refractivity contribution in [1.29, 1.82) is 0 Å². The molecule has 1 saturated carbocycles. The van der Waals surface area contributed by atoms with E-state index in [1.54, 1.807) is 4.90 Å². The first-order valence-corrected chi connectivity index (χ1v) is 15.7. The van der Waals surface area contributed by atoms with Gasteiger partial charge in [-0.05, 0) is 64.9 Å². The van der Waals surface area contributed by atoms with Crippen molar-refractivity contribution in [2.75, 3.05) is 32.8 Å². The lowest BCUT2D eigenvalue weighted by atomic mass is 10.1. The zero-order valence-electron chi connectivity index (χ0n) is 23.3. The van der Waals surface area contributed by atoms with E-state index in [0.29, 0.717) is 44.9 Å². The van der Waals surface area contributed by atoms with Crippen LogP contribution in [-0.4, -0.2) is 80.2 Å². The summed E-state index contributed by atoms with van der Waals surface area (Å²) in [5.74, 6) is -1.49. The van der Waals surface area contributed by atoms with Crippen LogP contribution in [0.1, 0.15) is 76.1 Å². The van der Waals surface area contributed by atoms with Crippen molar-refractivity contribution >= 4 is 33.8 Å². The Morgan fingerprint density at radius 1 is 1.05 bits per heavy atom. The van der Waals surface area contributed by atoms with Crippen molar-refractivity contribution in [3.63, 3.8) is 0 Å². The van der Waals surface area contributed by atoms with Crippen LogP contribution in [0.3, 0.4) is 0 Å². The predicted molar refractivity (Wildman–Crippen MR) is 147 cm³/mol. The number of halogens is 2. The minimum Gasteiger partial charge on any atom is -0.492 e. The van der Waals surface area contributed by atoms with E-state index in [2.05, 4.69) is 0 Å². The Kier molecular flexibility index (Phi) is 9.85. The van der Waals surface area contributed by atoms with Crippen LogP contribution in [0.4, 0.5) is 9.18 Å². The number of ether oxygens (including phenoxy) is 3. The van der Waals surface area contributed by atoms with Crippen LogP contribution in [0.25, 0.3) is 0 Å². The Morgan fingerprint density at radius 2 is 1.70 bits per heavy atom. The van der Waals surface area contributed by atoms with Crippen molar-refractivity contribution in [2.24, 2.45) is 5.92 Å². The molecule has 10 nitrogen and oxygen atoms in total. The van der Waals surface area contributed by atoms with E-state index in [0.717, 1.165) is 42.1 Å². The summed E-state index contributed by atoms with van der Waals surface area (Å²) in [5, 5.41) is 0.0389. The van der Waals surface area contributed by atoms with E-state index in [4.69, 9.17) is 25.8 Å². The SMILES string of the molecule is CC(C)(C)OC(=O)N1CC[C@@H](OC2CCN(S(=O)(=O)NC(=O)c3cc(Cl)c(OCC4CCCC4)cc3F)CC2)C1. The van der Waals surface area contributed by atoms with Gasteiger partial charge in [0.15, 0.2) is 0 Å². The highest BCUT2D eigenvalue weighted by molar-refractivity contribution is 7.87. The number of carbonyl (C=O) groups excluding carboxylic acids is 2. The quantitative estimate of drug-likeness (QED) is 0.465. The smallest absolute Gasteiger partial charge is 0.410 e. The summed E-state index contributed by atoms with van der Waals surface area (Å²) in [6, 6.07) is 2.11. The topological polar surface area (TPSA) is 114 Å². The molecule has 2 saturated heterocycles. The number of hydrogen-bond donors (Lipinski definition) is 1. The number of carbonyl (C=O) groups is 2. The molecule has 0 radical (unpaired) electrons. The molecule has 1 aromatic carbocycles. The number of benzene rings is 1. The Bertz CT molecular complexity index is 1180. The number of nitrogens with zero attached hydrogens (tertiary/aromatic N) is 2. The molecule has 224 valence electrons. The standard InChI is InChI=1S/C27H39ClFN3O7S/c1-27(2,3)39-26(34)31-11-8-20(16-31)38-19-9-12-32(13-10-19)40(35,36)30-25(33)21-14-22(28)24(15-23(21)29)37-17-18-6-4-5-7-18/h14-15,18-20H,4-13,16-17H2,1-3H3,(H,30,33)/t20-/m1/s1. The second-order valence-corrected chi connectivity index (χ2v) is 13.8. The summed E-state index contributed by atoms with van der Waals surface area (Å²) in [4.78, 5) is 26.6. The van der Waals surface area contributed by atoms with Gasteiger partial charge in [0.1, 0.15) is 17.2 Å². The summed E-state index contributed by atoms with van der Waals surface area (Å²) < 4.78 is 60.8. The summed E-state index contributed by atoms with van der Waals surface area (Å²) >= 11 is 6.22. The molecule has 0 unspecified atom stereocenters. The zero-order chi connectivity index (χ0) is 29.1. The fourth-order valence-corrected chi connectivity index (χ4v) is 6.63. The molecular weight excluding hydrogens is 565 g/mol. The fourth-order valence-electron chi connectivity index (χ4n) is 5.25.